The number of ether oxygens (including phenoxy) is 1. The second-order valence-electron chi connectivity index (χ2n) is 5.47. The summed E-state index contributed by atoms with van der Waals surface area (Å²) in [5, 5.41) is 0. The van der Waals surface area contributed by atoms with Gasteiger partial charge in [0.05, 0.1) is 17.8 Å². The Morgan fingerprint density at radius 2 is 2.17 bits per heavy atom. The van der Waals surface area contributed by atoms with E-state index in [1.165, 1.54) is 16.4 Å². The van der Waals surface area contributed by atoms with Crippen LogP contribution >= 0.6 is 0 Å². The third-order valence-electron chi connectivity index (χ3n) is 3.79. The number of hydrogen-bond acceptors (Lipinski definition) is 4. The van der Waals surface area contributed by atoms with Gasteiger partial charge in [0.1, 0.15) is 0 Å². The van der Waals surface area contributed by atoms with Crippen molar-refractivity contribution in [3.63, 3.8) is 0 Å². The lowest BCUT2D eigenvalue weighted by molar-refractivity contribution is 0.179. The summed E-state index contributed by atoms with van der Waals surface area (Å²) in [6.07, 6.45) is 5.24. The minimum atomic E-state index is -3.66. The lowest BCUT2D eigenvalue weighted by Crippen LogP contribution is -2.51. The van der Waals surface area contributed by atoms with Crippen LogP contribution in [-0.4, -0.2) is 42.0 Å². The third kappa shape index (κ3) is 3.23. The Hall–Kier alpha value is -1.93. The van der Waals surface area contributed by atoms with E-state index in [-0.39, 0.29) is 16.6 Å². The molecule has 1 aliphatic heterocycles. The number of rotatable bonds is 6. The molecule has 0 saturated carbocycles. The molecule has 0 unspecified atom stereocenters. The van der Waals surface area contributed by atoms with Gasteiger partial charge in [-0.15, -0.1) is 0 Å². The Morgan fingerprint density at radius 3 is 2.78 bits per heavy atom. The standard InChI is InChI=1S/C15H18FN3O3S/c1-2-22-15-4-3-13(7-14(15)16)23(20,21)19-9-12(10-19)8-18-6-5-17-11-18/h3-7,11-12H,2,8-10H2,1H3. The van der Waals surface area contributed by atoms with E-state index in [0.29, 0.717) is 19.7 Å². The topological polar surface area (TPSA) is 64.4 Å². The fourth-order valence-corrected chi connectivity index (χ4v) is 4.20. The van der Waals surface area contributed by atoms with Gasteiger partial charge in [0, 0.05) is 37.9 Å². The van der Waals surface area contributed by atoms with Crippen molar-refractivity contribution in [2.24, 2.45) is 5.92 Å². The van der Waals surface area contributed by atoms with E-state index in [1.54, 1.807) is 19.4 Å². The van der Waals surface area contributed by atoms with Gasteiger partial charge >= 0.3 is 0 Å². The van der Waals surface area contributed by atoms with Crippen LogP contribution in [0.3, 0.4) is 0 Å². The molecular weight excluding hydrogens is 321 g/mol. The highest BCUT2D eigenvalue weighted by Gasteiger charge is 2.37. The van der Waals surface area contributed by atoms with Crippen LogP contribution in [0, 0.1) is 11.7 Å². The molecule has 23 heavy (non-hydrogen) atoms. The molecule has 6 nitrogen and oxygen atoms in total. The van der Waals surface area contributed by atoms with E-state index in [1.807, 2.05) is 10.8 Å². The van der Waals surface area contributed by atoms with Gasteiger partial charge in [0.15, 0.2) is 11.6 Å². The van der Waals surface area contributed by atoms with Crippen molar-refractivity contribution in [1.29, 1.82) is 0 Å². The molecule has 0 amide bonds. The number of sulfonamides is 1. The van der Waals surface area contributed by atoms with Crippen LogP contribution in [0.5, 0.6) is 5.75 Å². The molecule has 1 aromatic heterocycles. The van der Waals surface area contributed by atoms with Gasteiger partial charge in [-0.05, 0) is 25.1 Å². The molecule has 0 spiro atoms. The van der Waals surface area contributed by atoms with Crippen LogP contribution in [0.25, 0.3) is 0 Å². The molecule has 8 heteroatoms. The van der Waals surface area contributed by atoms with Crippen LogP contribution < -0.4 is 4.74 Å². The second kappa shape index (κ2) is 6.29. The van der Waals surface area contributed by atoms with E-state index >= 15 is 0 Å². The Kier molecular flexibility index (Phi) is 4.36. The number of halogens is 1. The molecule has 1 aromatic carbocycles. The lowest BCUT2D eigenvalue weighted by Gasteiger charge is -2.38. The summed E-state index contributed by atoms with van der Waals surface area (Å²) in [4.78, 5) is 3.92. The minimum absolute atomic E-state index is 0.0421. The van der Waals surface area contributed by atoms with Gasteiger partial charge < -0.3 is 9.30 Å². The highest BCUT2D eigenvalue weighted by Crippen LogP contribution is 2.28. The number of benzene rings is 1. The maximum absolute atomic E-state index is 13.9. The molecule has 3 rings (SSSR count). The van der Waals surface area contributed by atoms with Crippen molar-refractivity contribution in [2.45, 2.75) is 18.4 Å². The number of hydrogen-bond donors (Lipinski definition) is 0. The van der Waals surface area contributed by atoms with E-state index in [0.717, 1.165) is 12.6 Å². The van der Waals surface area contributed by atoms with Crippen molar-refractivity contribution >= 4 is 10.0 Å². The van der Waals surface area contributed by atoms with Crippen molar-refractivity contribution in [3.05, 3.63) is 42.7 Å². The second-order valence-corrected chi connectivity index (χ2v) is 7.41. The molecule has 2 aromatic rings. The van der Waals surface area contributed by atoms with Crippen LogP contribution in [0.4, 0.5) is 4.39 Å². The summed E-state index contributed by atoms with van der Waals surface area (Å²) in [5.41, 5.74) is 0. The average molecular weight is 339 g/mol. The molecule has 2 heterocycles. The van der Waals surface area contributed by atoms with Gasteiger partial charge in [0.2, 0.25) is 10.0 Å². The van der Waals surface area contributed by atoms with E-state index in [2.05, 4.69) is 4.98 Å². The molecule has 0 atom stereocenters. The van der Waals surface area contributed by atoms with E-state index < -0.39 is 15.8 Å². The average Bonchev–Trinajstić information content (AvgIpc) is 2.97. The predicted molar refractivity (Wildman–Crippen MR) is 82.0 cm³/mol. The van der Waals surface area contributed by atoms with Gasteiger partial charge in [-0.1, -0.05) is 0 Å². The summed E-state index contributed by atoms with van der Waals surface area (Å²) in [5.74, 6) is -0.358. The van der Waals surface area contributed by atoms with Crippen LogP contribution in [0.1, 0.15) is 6.92 Å². The SMILES string of the molecule is CCOc1ccc(S(=O)(=O)N2CC(Cn3ccnc3)C2)cc1F. The lowest BCUT2D eigenvalue weighted by atomic mass is 10.0. The molecule has 1 aliphatic rings. The first-order chi connectivity index (χ1) is 11.0. The Bertz CT molecular complexity index is 771. The number of imidazole rings is 1. The number of nitrogens with zero attached hydrogens (tertiary/aromatic N) is 3. The van der Waals surface area contributed by atoms with Crippen LogP contribution in [0.15, 0.2) is 41.8 Å². The first kappa shape index (κ1) is 15.9. The smallest absolute Gasteiger partial charge is 0.243 e. The van der Waals surface area contributed by atoms with Crippen molar-refractivity contribution in [2.75, 3.05) is 19.7 Å². The largest absolute Gasteiger partial charge is 0.491 e. The van der Waals surface area contributed by atoms with Crippen molar-refractivity contribution in [1.82, 2.24) is 13.9 Å². The fourth-order valence-electron chi connectivity index (χ4n) is 2.59. The Labute approximate surface area is 134 Å². The maximum Gasteiger partial charge on any atom is 0.243 e. The summed E-state index contributed by atoms with van der Waals surface area (Å²) in [6, 6.07) is 3.75. The first-order valence-corrected chi connectivity index (χ1v) is 8.83. The van der Waals surface area contributed by atoms with Gasteiger partial charge in [-0.3, -0.25) is 0 Å². The Balaban J connectivity index is 1.67. The van der Waals surface area contributed by atoms with Crippen LogP contribution in [0.2, 0.25) is 0 Å². The molecule has 1 fully saturated rings. The van der Waals surface area contributed by atoms with Gasteiger partial charge in [-0.25, -0.2) is 17.8 Å². The molecule has 0 N–H and O–H groups in total. The van der Waals surface area contributed by atoms with Crippen LogP contribution in [-0.2, 0) is 16.6 Å². The minimum Gasteiger partial charge on any atom is -0.491 e. The van der Waals surface area contributed by atoms with E-state index in [4.69, 9.17) is 4.74 Å². The highest BCUT2D eigenvalue weighted by molar-refractivity contribution is 7.89. The molecule has 1 saturated heterocycles. The zero-order chi connectivity index (χ0) is 16.4. The number of aromatic nitrogens is 2. The third-order valence-corrected chi connectivity index (χ3v) is 5.62. The summed E-state index contributed by atoms with van der Waals surface area (Å²) in [7, 11) is -3.66. The predicted octanol–water partition coefficient (Wildman–Crippen LogP) is 1.74. The fraction of sp³-hybridized carbons (Fsp3) is 0.400. The van der Waals surface area contributed by atoms with Crippen molar-refractivity contribution < 1.29 is 17.5 Å². The molecule has 0 radical (unpaired) electrons. The monoisotopic (exact) mass is 339 g/mol. The molecular formula is C15H18FN3O3S. The highest BCUT2D eigenvalue weighted by atomic mass is 32.2. The summed E-state index contributed by atoms with van der Waals surface area (Å²) < 4.78 is 47.2. The first-order valence-electron chi connectivity index (χ1n) is 7.39. The quantitative estimate of drug-likeness (QED) is 0.804. The van der Waals surface area contributed by atoms with Crippen molar-refractivity contribution in [3.8, 4) is 5.75 Å². The summed E-state index contributed by atoms with van der Waals surface area (Å²) in [6.45, 7) is 3.64. The van der Waals surface area contributed by atoms with Gasteiger partial charge in [0.25, 0.3) is 0 Å². The zero-order valence-corrected chi connectivity index (χ0v) is 13.5. The maximum atomic E-state index is 13.9. The van der Waals surface area contributed by atoms with Gasteiger partial charge in [-0.2, -0.15) is 4.31 Å². The molecule has 124 valence electrons. The zero-order valence-electron chi connectivity index (χ0n) is 12.7. The normalized spacial score (nSPS) is 16.3. The van der Waals surface area contributed by atoms with E-state index in [9.17, 15) is 12.8 Å². The summed E-state index contributed by atoms with van der Waals surface area (Å²) >= 11 is 0. The molecule has 0 bridgehead atoms. The Morgan fingerprint density at radius 1 is 1.39 bits per heavy atom. The molecule has 0 aliphatic carbocycles.